The van der Waals surface area contributed by atoms with Crippen LogP contribution in [0.15, 0.2) is 48.5 Å². The van der Waals surface area contributed by atoms with Crippen LogP contribution >= 0.6 is 15.9 Å². The molecule has 0 bridgehead atoms. The van der Waals surface area contributed by atoms with Crippen LogP contribution in [-0.2, 0) is 10.1 Å². The van der Waals surface area contributed by atoms with E-state index in [1.165, 1.54) is 6.92 Å². The number of rotatable bonds is 4. The second-order valence-corrected chi connectivity index (χ2v) is 4.84. The second-order valence-electron chi connectivity index (χ2n) is 4.28. The number of hydrogen-bond acceptors (Lipinski definition) is 3. The van der Waals surface area contributed by atoms with Gasteiger partial charge in [0, 0.05) is 23.4 Å². The molecule has 0 aliphatic rings. The Morgan fingerprint density at radius 2 is 1.45 bits per heavy atom. The molecule has 0 saturated carbocycles. The van der Waals surface area contributed by atoms with Crippen molar-refractivity contribution in [2.45, 2.75) is 12.3 Å². The maximum absolute atomic E-state index is 12.3. The Bertz CT molecular complexity index is 615. The summed E-state index contributed by atoms with van der Waals surface area (Å²) in [5, 5.41) is 0.762. The molecule has 2 rings (SSSR count). The van der Waals surface area contributed by atoms with Gasteiger partial charge in [0.1, 0.15) is 5.75 Å². The molecule has 0 saturated heterocycles. The van der Waals surface area contributed by atoms with Crippen LogP contribution in [0.25, 0.3) is 0 Å². The van der Waals surface area contributed by atoms with Gasteiger partial charge in [0.2, 0.25) is 0 Å². The number of ketones is 1. The van der Waals surface area contributed by atoms with Gasteiger partial charge >= 0.3 is 5.97 Å². The van der Waals surface area contributed by atoms with E-state index in [4.69, 9.17) is 4.74 Å². The highest BCUT2D eigenvalue weighted by molar-refractivity contribution is 9.08. The van der Waals surface area contributed by atoms with Crippen molar-refractivity contribution >= 4 is 27.7 Å². The van der Waals surface area contributed by atoms with Crippen molar-refractivity contribution in [3.05, 3.63) is 65.2 Å². The molecule has 4 heteroatoms. The normalized spacial score (nSPS) is 10.1. The molecule has 0 amide bonds. The van der Waals surface area contributed by atoms with Crippen LogP contribution in [0.1, 0.15) is 28.4 Å². The maximum atomic E-state index is 12.3. The molecule has 2 aromatic rings. The zero-order valence-corrected chi connectivity index (χ0v) is 12.5. The number of carbonyl (C=O) groups is 2. The average Bonchev–Trinajstić information content (AvgIpc) is 2.47. The van der Waals surface area contributed by atoms with Gasteiger partial charge in [-0.15, -0.1) is 0 Å². The SMILES string of the molecule is CC(=O)Oc1ccc(C(=O)c2ccc(CBr)cc2)cc1. The first-order valence-corrected chi connectivity index (χ1v) is 7.20. The monoisotopic (exact) mass is 332 g/mol. The Morgan fingerprint density at radius 1 is 0.950 bits per heavy atom. The number of alkyl halides is 1. The van der Waals surface area contributed by atoms with Gasteiger partial charge < -0.3 is 4.74 Å². The van der Waals surface area contributed by atoms with E-state index in [9.17, 15) is 9.59 Å². The molecule has 0 aliphatic heterocycles. The summed E-state index contributed by atoms with van der Waals surface area (Å²) in [6, 6.07) is 14.0. The number of hydrogen-bond donors (Lipinski definition) is 0. The Labute approximate surface area is 125 Å². The third-order valence-electron chi connectivity index (χ3n) is 2.75. The lowest BCUT2D eigenvalue weighted by atomic mass is 10.0. The molecule has 0 aliphatic carbocycles. The lowest BCUT2D eigenvalue weighted by molar-refractivity contribution is -0.131. The molecule has 20 heavy (non-hydrogen) atoms. The van der Waals surface area contributed by atoms with E-state index in [0.29, 0.717) is 16.9 Å². The highest BCUT2D eigenvalue weighted by Gasteiger charge is 2.09. The zero-order chi connectivity index (χ0) is 14.5. The first kappa shape index (κ1) is 14.5. The molecule has 102 valence electrons. The molecule has 0 unspecified atom stereocenters. The Morgan fingerprint density at radius 3 is 1.90 bits per heavy atom. The van der Waals surface area contributed by atoms with E-state index < -0.39 is 0 Å². The number of carbonyl (C=O) groups excluding carboxylic acids is 2. The molecule has 0 atom stereocenters. The fourth-order valence-corrected chi connectivity index (χ4v) is 2.13. The van der Waals surface area contributed by atoms with Crippen molar-refractivity contribution < 1.29 is 14.3 Å². The minimum atomic E-state index is -0.380. The standard InChI is InChI=1S/C16H13BrO3/c1-11(18)20-15-8-6-14(7-9-15)16(19)13-4-2-12(10-17)3-5-13/h2-9H,10H2,1H3. The summed E-state index contributed by atoms with van der Waals surface area (Å²) < 4.78 is 4.93. The molecule has 0 heterocycles. The summed E-state index contributed by atoms with van der Waals surface area (Å²) in [4.78, 5) is 23.1. The summed E-state index contributed by atoms with van der Waals surface area (Å²) in [6.07, 6.45) is 0. The quantitative estimate of drug-likeness (QED) is 0.371. The first-order valence-electron chi connectivity index (χ1n) is 6.08. The van der Waals surface area contributed by atoms with Crippen molar-refractivity contribution in [1.82, 2.24) is 0 Å². The van der Waals surface area contributed by atoms with Gasteiger partial charge in [-0.2, -0.15) is 0 Å². The highest BCUT2D eigenvalue weighted by atomic mass is 79.9. The van der Waals surface area contributed by atoms with Crippen LogP contribution in [0.4, 0.5) is 0 Å². The van der Waals surface area contributed by atoms with Gasteiger partial charge in [0.05, 0.1) is 0 Å². The van der Waals surface area contributed by atoms with Crippen LogP contribution in [0, 0.1) is 0 Å². The first-order chi connectivity index (χ1) is 9.60. The maximum Gasteiger partial charge on any atom is 0.308 e. The summed E-state index contributed by atoms with van der Waals surface area (Å²) in [7, 11) is 0. The van der Waals surface area contributed by atoms with E-state index >= 15 is 0 Å². The topological polar surface area (TPSA) is 43.4 Å². The molecular weight excluding hydrogens is 320 g/mol. The van der Waals surface area contributed by atoms with Gasteiger partial charge in [-0.3, -0.25) is 9.59 Å². The van der Waals surface area contributed by atoms with Crippen LogP contribution in [0.5, 0.6) is 5.75 Å². The number of halogens is 1. The van der Waals surface area contributed by atoms with Crippen molar-refractivity contribution in [2.75, 3.05) is 0 Å². The molecule has 3 nitrogen and oxygen atoms in total. The van der Waals surface area contributed by atoms with Crippen molar-refractivity contribution in [1.29, 1.82) is 0 Å². The number of benzene rings is 2. The Balaban J connectivity index is 2.17. The van der Waals surface area contributed by atoms with Gasteiger partial charge in [0.25, 0.3) is 0 Å². The van der Waals surface area contributed by atoms with Gasteiger partial charge in [-0.25, -0.2) is 0 Å². The van der Waals surface area contributed by atoms with E-state index in [0.717, 1.165) is 10.9 Å². The minimum absolute atomic E-state index is 0.0551. The zero-order valence-electron chi connectivity index (χ0n) is 10.9. The van der Waals surface area contributed by atoms with E-state index in [-0.39, 0.29) is 11.8 Å². The van der Waals surface area contributed by atoms with Crippen molar-refractivity contribution in [3.63, 3.8) is 0 Å². The Hall–Kier alpha value is -1.94. The molecule has 0 N–H and O–H groups in total. The van der Waals surface area contributed by atoms with Crippen LogP contribution in [0.3, 0.4) is 0 Å². The fourth-order valence-electron chi connectivity index (χ4n) is 1.75. The summed E-state index contributed by atoms with van der Waals surface area (Å²) in [5.74, 6) is -0.00128. The third kappa shape index (κ3) is 3.54. The van der Waals surface area contributed by atoms with Gasteiger partial charge in [0.15, 0.2) is 5.78 Å². The lowest BCUT2D eigenvalue weighted by Crippen LogP contribution is -2.03. The predicted octanol–water partition coefficient (Wildman–Crippen LogP) is 3.74. The van der Waals surface area contributed by atoms with E-state index in [1.807, 2.05) is 12.1 Å². The van der Waals surface area contributed by atoms with Crippen LogP contribution in [0.2, 0.25) is 0 Å². The smallest absolute Gasteiger partial charge is 0.308 e. The molecular formula is C16H13BrO3. The minimum Gasteiger partial charge on any atom is -0.427 e. The van der Waals surface area contributed by atoms with Crippen LogP contribution in [-0.4, -0.2) is 11.8 Å². The van der Waals surface area contributed by atoms with Gasteiger partial charge in [-0.05, 0) is 29.8 Å². The molecule has 2 aromatic carbocycles. The second kappa shape index (κ2) is 6.48. The highest BCUT2D eigenvalue weighted by Crippen LogP contribution is 2.16. The average molecular weight is 333 g/mol. The number of ether oxygens (including phenoxy) is 1. The molecule has 0 aromatic heterocycles. The summed E-state index contributed by atoms with van der Waals surface area (Å²) >= 11 is 3.37. The summed E-state index contributed by atoms with van der Waals surface area (Å²) in [5.41, 5.74) is 2.31. The molecule has 0 fully saturated rings. The predicted molar refractivity (Wildman–Crippen MR) is 80.3 cm³/mol. The molecule has 0 radical (unpaired) electrons. The van der Waals surface area contributed by atoms with Crippen molar-refractivity contribution in [2.24, 2.45) is 0 Å². The van der Waals surface area contributed by atoms with Crippen molar-refractivity contribution in [3.8, 4) is 5.75 Å². The fraction of sp³-hybridized carbons (Fsp3) is 0.125. The van der Waals surface area contributed by atoms with E-state index in [2.05, 4.69) is 15.9 Å². The third-order valence-corrected chi connectivity index (χ3v) is 3.40. The van der Waals surface area contributed by atoms with E-state index in [1.54, 1.807) is 36.4 Å². The number of esters is 1. The van der Waals surface area contributed by atoms with Gasteiger partial charge in [-0.1, -0.05) is 40.2 Å². The van der Waals surface area contributed by atoms with Crippen LogP contribution < -0.4 is 4.74 Å². The Kier molecular flexibility index (Phi) is 4.69. The molecule has 0 spiro atoms. The summed E-state index contributed by atoms with van der Waals surface area (Å²) in [6.45, 7) is 1.34. The largest absolute Gasteiger partial charge is 0.427 e. The lowest BCUT2D eigenvalue weighted by Gasteiger charge is -2.04.